The Balaban J connectivity index is 1.51. The average Bonchev–Trinajstić information content (AvgIpc) is 1.61. The predicted molar refractivity (Wildman–Crippen MR) is 334 cm³/mol. The fourth-order valence-corrected chi connectivity index (χ4v) is 10.5. The van der Waals surface area contributed by atoms with E-state index in [9.17, 15) is 53.4 Å². The second-order valence-electron chi connectivity index (χ2n) is 24.4. The Morgan fingerprint density at radius 2 is 1.42 bits per heavy atom. The Hall–Kier alpha value is -7.01. The molecule has 0 bridgehead atoms. The first-order chi connectivity index (χ1) is 42.4. The minimum Gasteiger partial charge on any atom is -0.445 e. The van der Waals surface area contributed by atoms with Crippen molar-refractivity contribution in [1.82, 2.24) is 41.3 Å². The highest BCUT2D eigenvalue weighted by molar-refractivity contribution is 5.96. The van der Waals surface area contributed by atoms with Crippen LogP contribution in [0.5, 0.6) is 0 Å². The van der Waals surface area contributed by atoms with Gasteiger partial charge >= 0.3 is 12.2 Å². The number of methoxy groups -OCH3 is 2. The van der Waals surface area contributed by atoms with Gasteiger partial charge in [-0.15, -0.1) is 0 Å². The Bertz CT molecular complexity index is 2610. The summed E-state index contributed by atoms with van der Waals surface area (Å²) >= 11 is 0. The molecule has 0 saturated carbocycles. The zero-order valence-corrected chi connectivity index (χ0v) is 55.2. The number of likely N-dealkylation sites (tertiary alicyclic amines) is 1. The molecule has 27 heteroatoms. The van der Waals surface area contributed by atoms with Crippen molar-refractivity contribution in [3.05, 3.63) is 65.7 Å². The van der Waals surface area contributed by atoms with Crippen molar-refractivity contribution >= 4 is 59.2 Å². The largest absolute Gasteiger partial charge is 0.445 e. The first kappa shape index (κ1) is 77.2. The molecule has 27 nitrogen and oxygen atoms in total. The van der Waals surface area contributed by atoms with Crippen molar-refractivity contribution < 1.29 is 81.8 Å². The van der Waals surface area contributed by atoms with Gasteiger partial charge in [0.2, 0.25) is 41.4 Å². The van der Waals surface area contributed by atoms with Crippen molar-refractivity contribution in [3.63, 3.8) is 0 Å². The highest BCUT2D eigenvalue weighted by Crippen LogP contribution is 2.30. The van der Waals surface area contributed by atoms with E-state index in [0.29, 0.717) is 42.6 Å². The zero-order chi connectivity index (χ0) is 67.6. The second-order valence-corrected chi connectivity index (χ2v) is 24.4. The van der Waals surface area contributed by atoms with E-state index in [1.54, 1.807) is 111 Å². The molecule has 2 aromatic rings. The molecular weight excluding hydrogens is 1170 g/mol. The number of ether oxygens (including phenoxy) is 6. The van der Waals surface area contributed by atoms with Gasteiger partial charge in [0.25, 0.3) is 0 Å². The van der Waals surface area contributed by atoms with Gasteiger partial charge in [-0.1, -0.05) is 97.4 Å². The van der Waals surface area contributed by atoms with Crippen LogP contribution in [0.4, 0.5) is 15.3 Å². The molecule has 0 aliphatic carbocycles. The third kappa shape index (κ3) is 25.0. The van der Waals surface area contributed by atoms with E-state index in [2.05, 4.69) is 31.9 Å². The van der Waals surface area contributed by atoms with Crippen LogP contribution in [0.25, 0.3) is 0 Å². The van der Waals surface area contributed by atoms with E-state index >= 15 is 0 Å². The van der Waals surface area contributed by atoms with Gasteiger partial charge in [0.15, 0.2) is 6.29 Å². The van der Waals surface area contributed by atoms with E-state index in [-0.39, 0.29) is 56.3 Å². The molecule has 9 amide bonds. The lowest BCUT2D eigenvalue weighted by Gasteiger charge is -2.39. The minimum absolute atomic E-state index is 0.0792. The summed E-state index contributed by atoms with van der Waals surface area (Å²) in [6.07, 6.45) is -4.53. The van der Waals surface area contributed by atoms with Crippen LogP contribution in [0.15, 0.2) is 54.6 Å². The summed E-state index contributed by atoms with van der Waals surface area (Å²) in [5.74, 6) is -4.95. The van der Waals surface area contributed by atoms with Crippen LogP contribution < -0.4 is 37.6 Å². The van der Waals surface area contributed by atoms with Crippen LogP contribution in [-0.4, -0.2) is 207 Å². The van der Waals surface area contributed by atoms with Crippen LogP contribution >= 0.6 is 0 Å². The maximum atomic E-state index is 14.3. The molecule has 12 atom stereocenters. The van der Waals surface area contributed by atoms with Gasteiger partial charge in [0, 0.05) is 53.5 Å². The molecule has 90 heavy (non-hydrogen) atoms. The molecule has 0 radical (unpaired) electrons. The number of nitrogens with two attached hydrogens (primary N) is 1. The van der Waals surface area contributed by atoms with E-state index in [0.717, 1.165) is 4.90 Å². The highest BCUT2D eigenvalue weighted by Gasteiger charge is 2.43. The molecule has 1 fully saturated rings. The Morgan fingerprint density at radius 3 is 2.00 bits per heavy atom. The zero-order valence-electron chi connectivity index (χ0n) is 55.2. The molecule has 3 rings (SSSR count). The van der Waals surface area contributed by atoms with Gasteiger partial charge < -0.3 is 86.1 Å². The van der Waals surface area contributed by atoms with E-state index < -0.39 is 140 Å². The van der Waals surface area contributed by atoms with E-state index in [1.807, 2.05) is 32.0 Å². The summed E-state index contributed by atoms with van der Waals surface area (Å²) in [5.41, 5.74) is 6.53. The van der Waals surface area contributed by atoms with Gasteiger partial charge in [-0.3, -0.25) is 38.5 Å². The topological polar surface area (TPSA) is 357 Å². The SMILES string of the molecule is CC[C@H](C)[C@@H]([C@@H](CC(=O)N1CCC[C@H]1[C@H](OC)[C@@H](C)C(=O)N[C@H](C)[C@@H](O)c1ccccc1)OC)N(C)C(=O)CNC(=O)C(C(C)C)N(C)C(=O)OCc1ccc(NC(=O)CNC(=O)C(NC(=O)CCNC(=O)OCC(OC(N)CO)OC(C)(C)C)C(C)C)cc1. The fourth-order valence-electron chi connectivity index (χ4n) is 10.5. The van der Waals surface area contributed by atoms with Crippen LogP contribution in [0, 0.1) is 23.7 Å². The molecule has 1 saturated heterocycles. The van der Waals surface area contributed by atoms with Gasteiger partial charge in [0.1, 0.15) is 31.5 Å². The molecule has 4 unspecified atom stereocenters. The molecule has 1 heterocycles. The number of nitrogens with one attached hydrogen (secondary N) is 6. The summed E-state index contributed by atoms with van der Waals surface area (Å²) in [5, 5.41) is 36.0. The maximum Gasteiger partial charge on any atom is 0.410 e. The Kier molecular flexibility index (Phi) is 32.6. The van der Waals surface area contributed by atoms with Crippen molar-refractivity contribution in [1.29, 1.82) is 0 Å². The number of aliphatic hydroxyl groups excluding tert-OH is 2. The monoisotopic (exact) mass is 1270 g/mol. The number of carbonyl (C=O) groups is 9. The third-order valence-electron chi connectivity index (χ3n) is 15.6. The van der Waals surface area contributed by atoms with Gasteiger partial charge in [-0.05, 0) is 81.5 Å². The summed E-state index contributed by atoms with van der Waals surface area (Å²) < 4.78 is 33.6. The van der Waals surface area contributed by atoms with Gasteiger partial charge in [-0.2, -0.15) is 0 Å². The summed E-state index contributed by atoms with van der Waals surface area (Å²) in [7, 11) is 6.01. The van der Waals surface area contributed by atoms with Crippen molar-refractivity contribution in [2.45, 2.75) is 182 Å². The molecular formula is C63H102N10O17. The lowest BCUT2D eigenvalue weighted by atomic mass is 9.90. The number of likely N-dealkylation sites (N-methyl/N-ethyl adjacent to an activating group) is 2. The number of aliphatic hydroxyl groups is 2. The molecule has 2 aromatic carbocycles. The minimum atomic E-state index is -1.07. The number of alkyl carbamates (subject to hydrolysis) is 1. The maximum absolute atomic E-state index is 14.3. The van der Waals surface area contributed by atoms with Crippen LogP contribution in [0.3, 0.4) is 0 Å². The van der Waals surface area contributed by atoms with Crippen molar-refractivity contribution in [3.8, 4) is 0 Å². The van der Waals surface area contributed by atoms with E-state index in [1.165, 1.54) is 26.2 Å². The number of hydrogen-bond donors (Lipinski definition) is 9. The molecule has 506 valence electrons. The summed E-state index contributed by atoms with van der Waals surface area (Å²) in [6, 6.07) is 11.7. The molecule has 1 aliphatic rings. The molecule has 0 aromatic heterocycles. The summed E-state index contributed by atoms with van der Waals surface area (Å²) in [4.78, 5) is 125. The first-order valence-electron chi connectivity index (χ1n) is 30.8. The average molecular weight is 1270 g/mol. The predicted octanol–water partition coefficient (Wildman–Crippen LogP) is 3.30. The van der Waals surface area contributed by atoms with Gasteiger partial charge in [-0.25, -0.2) is 9.59 Å². The van der Waals surface area contributed by atoms with Crippen LogP contribution in [0.2, 0.25) is 0 Å². The first-order valence-corrected chi connectivity index (χ1v) is 30.8. The van der Waals surface area contributed by atoms with E-state index in [4.69, 9.17) is 34.2 Å². The Labute approximate surface area is 530 Å². The van der Waals surface area contributed by atoms with Gasteiger partial charge in [0.05, 0.1) is 74.1 Å². The number of rotatable bonds is 36. The van der Waals surface area contributed by atoms with Crippen molar-refractivity contribution in [2.75, 3.05) is 73.0 Å². The molecule has 0 spiro atoms. The number of hydrogen-bond acceptors (Lipinski definition) is 18. The molecule has 1 aliphatic heterocycles. The lowest BCUT2D eigenvalue weighted by molar-refractivity contribution is -0.232. The normalized spacial score (nSPS) is 17.0. The molecule has 10 N–H and O–H groups in total. The number of benzene rings is 2. The lowest BCUT2D eigenvalue weighted by Crippen LogP contribution is -2.56. The fraction of sp³-hybridized carbons (Fsp3) is 0.667. The van der Waals surface area contributed by atoms with Crippen LogP contribution in [-0.2, 0) is 68.6 Å². The highest BCUT2D eigenvalue weighted by atomic mass is 16.7. The third-order valence-corrected chi connectivity index (χ3v) is 15.6. The standard InChI is InChI=1S/C63H102N10O17/c1-16-39(6)55(46(85-14)31-50(77)73-30-20-23-45(73)57(86-15)40(7)58(80)68-41(8)56(79)43-21-18-17-19-22-43)71(12)51(78)33-67-60(82)54(38(4)5)72(13)62(84)88-35-42-24-26-44(27-25-42)69-49(76)32-66-59(81)53(37(2)3)70-48(75)28-29-65-61(83)87-36-52(89-47(64)34-74)90-63(9,10)11/h17-19,21-22,24-27,37-41,45-47,52-57,74,79H,16,20,23,28-36,64H2,1-15H3,(H,65,83)(H,66,81)(H,67,82)(H,68,80)(H,69,76)(H,70,75)/t39-,40+,41+,45-,46+,47?,52?,53?,54?,55-,56+,57+/m0/s1. The quantitative estimate of drug-likeness (QED) is 0.0442. The van der Waals surface area contributed by atoms with Crippen molar-refractivity contribution in [2.24, 2.45) is 29.4 Å². The van der Waals surface area contributed by atoms with Crippen LogP contribution in [0.1, 0.15) is 125 Å². The summed E-state index contributed by atoms with van der Waals surface area (Å²) in [6.45, 7) is 18.0. The number of amides is 9. The second kappa shape index (κ2) is 38.0. The number of carbonyl (C=O) groups excluding carboxylic acids is 9. The number of anilines is 1. The smallest absolute Gasteiger partial charge is 0.410 e. The number of nitrogens with zero attached hydrogens (tertiary/aromatic N) is 3. The Morgan fingerprint density at radius 1 is 0.778 bits per heavy atom.